The number of likely N-dealkylation sites (N-methyl/N-ethyl adjacent to an activating group) is 1. The molecule has 1 heterocycles. The van der Waals surface area contributed by atoms with Gasteiger partial charge in [-0.2, -0.15) is 0 Å². The van der Waals surface area contributed by atoms with Gasteiger partial charge in [-0.25, -0.2) is 0 Å². The van der Waals surface area contributed by atoms with Crippen molar-refractivity contribution in [2.75, 3.05) is 33.4 Å². The first-order valence-electron chi connectivity index (χ1n) is 6.37. The topological polar surface area (TPSA) is 41.6 Å². The maximum atomic E-state index is 12.1. The van der Waals surface area contributed by atoms with E-state index in [9.17, 15) is 4.79 Å². The Hall–Kier alpha value is -1.10. The highest BCUT2D eigenvalue weighted by Gasteiger charge is 2.23. The van der Waals surface area contributed by atoms with Gasteiger partial charge in [-0.05, 0) is 12.0 Å². The first-order chi connectivity index (χ1) is 8.77. The molecule has 106 valence electrons. The first kappa shape index (κ1) is 16.0. The van der Waals surface area contributed by atoms with Crippen LogP contribution in [0.2, 0.25) is 0 Å². The van der Waals surface area contributed by atoms with Crippen LogP contribution in [0.3, 0.4) is 0 Å². The summed E-state index contributed by atoms with van der Waals surface area (Å²) in [6.07, 6.45) is 0.886. The molecule has 0 aliphatic carbocycles. The Morgan fingerprint density at radius 2 is 2.16 bits per heavy atom. The zero-order valence-electron chi connectivity index (χ0n) is 11.2. The molecule has 1 atom stereocenters. The largest absolute Gasteiger partial charge is 0.378 e. The average molecular weight is 285 g/mol. The quantitative estimate of drug-likeness (QED) is 0.900. The number of carbonyl (C=O) groups excluding carboxylic acids is 1. The minimum absolute atomic E-state index is 0. The van der Waals surface area contributed by atoms with Crippen LogP contribution in [-0.4, -0.2) is 50.2 Å². The van der Waals surface area contributed by atoms with E-state index in [0.717, 1.165) is 19.5 Å². The van der Waals surface area contributed by atoms with Crippen LogP contribution in [0.4, 0.5) is 0 Å². The van der Waals surface area contributed by atoms with E-state index in [1.165, 1.54) is 5.56 Å². The Bertz CT molecular complexity index is 380. The molecule has 1 aromatic carbocycles. The molecule has 5 heteroatoms. The van der Waals surface area contributed by atoms with E-state index in [1.807, 2.05) is 25.2 Å². The number of morpholine rings is 1. The molecular weight excluding hydrogens is 264 g/mol. The van der Waals surface area contributed by atoms with Gasteiger partial charge in [-0.1, -0.05) is 30.3 Å². The number of nitrogens with zero attached hydrogens (tertiary/aromatic N) is 1. The molecule has 1 fully saturated rings. The number of carbonyl (C=O) groups is 1. The molecule has 4 nitrogen and oxygen atoms in total. The molecular formula is C14H21ClN2O2. The van der Waals surface area contributed by atoms with Crippen molar-refractivity contribution >= 4 is 18.3 Å². The zero-order chi connectivity index (χ0) is 12.8. The number of hydrogen-bond donors (Lipinski definition) is 1. The van der Waals surface area contributed by atoms with Crippen molar-refractivity contribution in [2.24, 2.45) is 0 Å². The third-order valence-electron chi connectivity index (χ3n) is 3.17. The number of benzene rings is 1. The summed E-state index contributed by atoms with van der Waals surface area (Å²) in [6, 6.07) is 10.0. The molecule has 0 bridgehead atoms. The van der Waals surface area contributed by atoms with Crippen LogP contribution in [0.15, 0.2) is 30.3 Å². The first-order valence-corrected chi connectivity index (χ1v) is 6.37. The summed E-state index contributed by atoms with van der Waals surface area (Å²) in [5.74, 6) is 0.116. The van der Waals surface area contributed by atoms with Crippen LogP contribution in [-0.2, 0) is 16.0 Å². The van der Waals surface area contributed by atoms with Crippen LogP contribution < -0.4 is 5.32 Å². The van der Waals surface area contributed by atoms with E-state index >= 15 is 0 Å². The molecule has 1 aliphatic heterocycles. The standard InChI is InChI=1S/C14H20N2O2.ClH/c1-16(9-7-12-5-3-2-4-6-12)14(17)13-11-18-10-8-15-13;/h2-6,13,15H,7-11H2,1H3;1H. The van der Waals surface area contributed by atoms with Gasteiger partial charge in [0.2, 0.25) is 5.91 Å². The Balaban J connectivity index is 0.00000180. The fourth-order valence-corrected chi connectivity index (χ4v) is 2.04. The van der Waals surface area contributed by atoms with Gasteiger partial charge in [0.25, 0.3) is 0 Å². The molecule has 1 N–H and O–H groups in total. The molecule has 1 saturated heterocycles. The van der Waals surface area contributed by atoms with Crippen molar-refractivity contribution in [1.29, 1.82) is 0 Å². The second-order valence-electron chi connectivity index (χ2n) is 4.58. The summed E-state index contributed by atoms with van der Waals surface area (Å²) in [6.45, 7) is 2.66. The zero-order valence-corrected chi connectivity index (χ0v) is 12.0. The summed E-state index contributed by atoms with van der Waals surface area (Å²) >= 11 is 0. The fraction of sp³-hybridized carbons (Fsp3) is 0.500. The van der Waals surface area contributed by atoms with Crippen LogP contribution >= 0.6 is 12.4 Å². The maximum absolute atomic E-state index is 12.1. The molecule has 1 amide bonds. The number of rotatable bonds is 4. The Morgan fingerprint density at radius 3 is 2.79 bits per heavy atom. The fourth-order valence-electron chi connectivity index (χ4n) is 2.04. The number of halogens is 1. The predicted octanol–water partition coefficient (Wildman–Crippen LogP) is 1.10. The van der Waals surface area contributed by atoms with Crippen LogP contribution in [0.25, 0.3) is 0 Å². The van der Waals surface area contributed by atoms with Crippen molar-refractivity contribution in [3.63, 3.8) is 0 Å². The highest BCUT2D eigenvalue weighted by atomic mass is 35.5. The highest BCUT2D eigenvalue weighted by Crippen LogP contribution is 2.03. The SMILES string of the molecule is CN(CCc1ccccc1)C(=O)C1COCCN1.Cl. The van der Waals surface area contributed by atoms with Gasteiger partial charge in [0.05, 0.1) is 13.2 Å². The Morgan fingerprint density at radius 1 is 1.42 bits per heavy atom. The van der Waals surface area contributed by atoms with Gasteiger partial charge in [-0.3, -0.25) is 4.79 Å². The summed E-state index contributed by atoms with van der Waals surface area (Å²) in [7, 11) is 1.85. The lowest BCUT2D eigenvalue weighted by Gasteiger charge is -2.27. The van der Waals surface area contributed by atoms with E-state index < -0.39 is 0 Å². The maximum Gasteiger partial charge on any atom is 0.241 e. The van der Waals surface area contributed by atoms with Crippen molar-refractivity contribution in [1.82, 2.24) is 10.2 Å². The van der Waals surface area contributed by atoms with Gasteiger partial charge in [0.15, 0.2) is 0 Å². The summed E-state index contributed by atoms with van der Waals surface area (Å²) in [4.78, 5) is 13.9. The number of ether oxygens (including phenoxy) is 1. The second kappa shape index (κ2) is 8.15. The lowest BCUT2D eigenvalue weighted by molar-refractivity contribution is -0.135. The summed E-state index contributed by atoms with van der Waals surface area (Å²) in [5, 5.41) is 3.18. The summed E-state index contributed by atoms with van der Waals surface area (Å²) < 4.78 is 5.31. The Kier molecular flexibility index (Phi) is 6.84. The molecule has 1 aromatic rings. The smallest absolute Gasteiger partial charge is 0.241 e. The molecule has 1 unspecified atom stereocenters. The van der Waals surface area contributed by atoms with Crippen LogP contribution in [0.1, 0.15) is 5.56 Å². The van der Waals surface area contributed by atoms with E-state index in [4.69, 9.17) is 4.74 Å². The Labute approximate surface area is 120 Å². The van der Waals surface area contributed by atoms with Gasteiger partial charge in [-0.15, -0.1) is 12.4 Å². The van der Waals surface area contributed by atoms with E-state index in [0.29, 0.717) is 13.2 Å². The van der Waals surface area contributed by atoms with Crippen LogP contribution in [0, 0.1) is 0 Å². The van der Waals surface area contributed by atoms with Gasteiger partial charge in [0, 0.05) is 20.1 Å². The molecule has 0 spiro atoms. The highest BCUT2D eigenvalue weighted by molar-refractivity contribution is 5.85. The van der Waals surface area contributed by atoms with Crippen molar-refractivity contribution in [3.05, 3.63) is 35.9 Å². The third-order valence-corrected chi connectivity index (χ3v) is 3.17. The molecule has 19 heavy (non-hydrogen) atoms. The minimum Gasteiger partial charge on any atom is -0.378 e. The summed E-state index contributed by atoms with van der Waals surface area (Å²) in [5.41, 5.74) is 1.25. The average Bonchev–Trinajstić information content (AvgIpc) is 2.46. The second-order valence-corrected chi connectivity index (χ2v) is 4.58. The predicted molar refractivity (Wildman–Crippen MR) is 77.6 cm³/mol. The lowest BCUT2D eigenvalue weighted by atomic mass is 10.1. The van der Waals surface area contributed by atoms with E-state index in [-0.39, 0.29) is 24.4 Å². The third kappa shape index (κ3) is 4.82. The molecule has 0 radical (unpaired) electrons. The van der Waals surface area contributed by atoms with Crippen LogP contribution in [0.5, 0.6) is 0 Å². The molecule has 1 aliphatic rings. The molecule has 0 saturated carbocycles. The number of hydrogen-bond acceptors (Lipinski definition) is 3. The lowest BCUT2D eigenvalue weighted by Crippen LogP contribution is -2.51. The van der Waals surface area contributed by atoms with Gasteiger partial charge in [0.1, 0.15) is 6.04 Å². The minimum atomic E-state index is -0.181. The van der Waals surface area contributed by atoms with Gasteiger partial charge >= 0.3 is 0 Å². The van der Waals surface area contributed by atoms with Crippen molar-refractivity contribution in [3.8, 4) is 0 Å². The van der Waals surface area contributed by atoms with Crippen molar-refractivity contribution in [2.45, 2.75) is 12.5 Å². The monoisotopic (exact) mass is 284 g/mol. The molecule has 0 aromatic heterocycles. The van der Waals surface area contributed by atoms with E-state index in [2.05, 4.69) is 17.4 Å². The normalized spacial score (nSPS) is 18.5. The van der Waals surface area contributed by atoms with E-state index in [1.54, 1.807) is 4.90 Å². The van der Waals surface area contributed by atoms with Gasteiger partial charge < -0.3 is 15.0 Å². The molecule has 2 rings (SSSR count). The number of nitrogens with one attached hydrogen (secondary N) is 1. The van der Waals surface area contributed by atoms with Crippen molar-refractivity contribution < 1.29 is 9.53 Å². The number of amides is 1.